The van der Waals surface area contributed by atoms with Gasteiger partial charge in [0, 0.05) is 4.88 Å². The van der Waals surface area contributed by atoms with Crippen molar-refractivity contribution in [1.29, 1.82) is 0 Å². The Hall–Kier alpha value is -1.85. The smallest absolute Gasteiger partial charge is 0.249 e. The van der Waals surface area contributed by atoms with Crippen molar-refractivity contribution in [2.24, 2.45) is 0 Å². The highest BCUT2D eigenvalue weighted by molar-refractivity contribution is 7.10. The molecule has 0 bridgehead atoms. The van der Waals surface area contributed by atoms with Crippen molar-refractivity contribution in [2.45, 2.75) is 32.6 Å². The van der Waals surface area contributed by atoms with Crippen LogP contribution in [-0.2, 0) is 16.1 Å². The predicted octanol–water partition coefficient (Wildman–Crippen LogP) is 3.54. The highest BCUT2D eigenvalue weighted by Gasteiger charge is 2.17. The molecular weight excluding hydrogens is 298 g/mol. The second-order valence-corrected chi connectivity index (χ2v) is 6.03. The number of nitrogens with one attached hydrogen (secondary N) is 1. The second kappa shape index (κ2) is 7.96. The molecule has 1 aromatic carbocycles. The maximum atomic E-state index is 12.1. The van der Waals surface area contributed by atoms with Crippen LogP contribution in [0.2, 0.25) is 0 Å². The van der Waals surface area contributed by atoms with Crippen LogP contribution in [0.1, 0.15) is 30.3 Å². The zero-order valence-electron chi connectivity index (χ0n) is 13.0. The molecule has 0 aliphatic carbocycles. The summed E-state index contributed by atoms with van der Waals surface area (Å²) >= 11 is 1.63. The molecule has 1 aromatic heterocycles. The number of hydrogen-bond donors (Lipinski definition) is 1. The molecule has 0 saturated heterocycles. The molecule has 1 N–H and O–H groups in total. The first-order chi connectivity index (χ1) is 10.6. The van der Waals surface area contributed by atoms with Crippen LogP contribution in [0.15, 0.2) is 41.8 Å². The van der Waals surface area contributed by atoms with E-state index in [1.807, 2.05) is 48.7 Å². The van der Waals surface area contributed by atoms with Crippen molar-refractivity contribution in [2.75, 3.05) is 7.11 Å². The van der Waals surface area contributed by atoms with Gasteiger partial charge in [-0.2, -0.15) is 0 Å². The molecule has 4 nitrogen and oxygen atoms in total. The van der Waals surface area contributed by atoms with E-state index in [1.165, 1.54) is 0 Å². The van der Waals surface area contributed by atoms with Crippen LogP contribution >= 0.6 is 11.3 Å². The Kier molecular flexibility index (Phi) is 5.98. The Bertz CT molecular complexity index is 598. The molecule has 22 heavy (non-hydrogen) atoms. The van der Waals surface area contributed by atoms with Crippen molar-refractivity contribution in [3.05, 3.63) is 52.2 Å². The highest BCUT2D eigenvalue weighted by atomic mass is 32.1. The number of carbonyl (C=O) groups excluding carboxylic acids is 1. The number of thiophene rings is 1. The Morgan fingerprint density at radius 1 is 1.27 bits per heavy atom. The van der Waals surface area contributed by atoms with Crippen LogP contribution in [0.4, 0.5) is 0 Å². The van der Waals surface area contributed by atoms with Crippen LogP contribution in [0.25, 0.3) is 0 Å². The molecule has 0 aliphatic rings. The minimum atomic E-state index is -0.506. The minimum Gasteiger partial charge on any atom is -0.497 e. The first kappa shape index (κ1) is 16.5. The molecule has 0 fully saturated rings. The minimum absolute atomic E-state index is 0.00429. The molecule has 2 aromatic rings. The van der Waals surface area contributed by atoms with E-state index in [0.717, 1.165) is 16.2 Å². The first-order valence-electron chi connectivity index (χ1n) is 7.18. The fraction of sp³-hybridized carbons (Fsp3) is 0.353. The molecule has 2 rings (SSSR count). The largest absolute Gasteiger partial charge is 0.497 e. The van der Waals surface area contributed by atoms with Crippen LogP contribution in [0.3, 0.4) is 0 Å². The van der Waals surface area contributed by atoms with Crippen LogP contribution < -0.4 is 10.1 Å². The molecule has 1 amide bonds. The molecule has 0 unspecified atom stereocenters. The third kappa shape index (κ3) is 4.58. The van der Waals surface area contributed by atoms with Crippen molar-refractivity contribution in [1.82, 2.24) is 5.32 Å². The number of methoxy groups -OCH3 is 1. The summed E-state index contributed by atoms with van der Waals surface area (Å²) < 4.78 is 10.8. The Morgan fingerprint density at radius 2 is 2.09 bits per heavy atom. The fourth-order valence-electron chi connectivity index (χ4n) is 2.00. The molecular formula is C17H21NO3S. The normalized spacial score (nSPS) is 13.4. The van der Waals surface area contributed by atoms with Gasteiger partial charge in [-0.1, -0.05) is 18.2 Å². The zero-order valence-corrected chi connectivity index (χ0v) is 13.9. The number of amides is 1. The van der Waals surface area contributed by atoms with Crippen LogP contribution in [-0.4, -0.2) is 19.1 Å². The van der Waals surface area contributed by atoms with Crippen molar-refractivity contribution in [3.63, 3.8) is 0 Å². The Labute approximate surface area is 135 Å². The molecule has 5 heteroatoms. The van der Waals surface area contributed by atoms with Gasteiger partial charge in [0.1, 0.15) is 11.9 Å². The monoisotopic (exact) mass is 319 g/mol. The number of hydrogen-bond acceptors (Lipinski definition) is 4. The molecule has 2 atom stereocenters. The number of rotatable bonds is 7. The number of ether oxygens (including phenoxy) is 2. The Balaban J connectivity index is 1.83. The van der Waals surface area contributed by atoms with Gasteiger partial charge >= 0.3 is 0 Å². The maximum absolute atomic E-state index is 12.1. The van der Waals surface area contributed by atoms with Gasteiger partial charge in [-0.05, 0) is 43.0 Å². The third-order valence-corrected chi connectivity index (χ3v) is 4.39. The standard InChI is InChI=1S/C17H21NO3S/c1-12(16-8-5-9-22-16)18-17(19)13(2)21-11-14-6-4-7-15(10-14)20-3/h4-10,12-13H,11H2,1-3H3,(H,18,19)/t12-,13-/m1/s1. The molecule has 118 valence electrons. The molecule has 0 saturated carbocycles. The topological polar surface area (TPSA) is 47.6 Å². The van der Waals surface area contributed by atoms with E-state index < -0.39 is 6.10 Å². The van der Waals surface area contributed by atoms with Gasteiger partial charge in [-0.3, -0.25) is 4.79 Å². The van der Waals surface area contributed by atoms with Crippen molar-refractivity contribution < 1.29 is 14.3 Å². The number of carbonyl (C=O) groups is 1. The highest BCUT2D eigenvalue weighted by Crippen LogP contribution is 2.18. The van der Waals surface area contributed by atoms with E-state index >= 15 is 0 Å². The maximum Gasteiger partial charge on any atom is 0.249 e. The summed E-state index contributed by atoms with van der Waals surface area (Å²) in [5.41, 5.74) is 0.977. The van der Waals surface area contributed by atoms with E-state index in [4.69, 9.17) is 9.47 Å². The van der Waals surface area contributed by atoms with E-state index in [1.54, 1.807) is 25.4 Å². The third-order valence-electron chi connectivity index (χ3n) is 3.33. The molecule has 0 spiro atoms. The lowest BCUT2D eigenvalue weighted by molar-refractivity contribution is -0.133. The van der Waals surface area contributed by atoms with Gasteiger partial charge in [-0.25, -0.2) is 0 Å². The summed E-state index contributed by atoms with van der Waals surface area (Å²) in [4.78, 5) is 13.3. The lowest BCUT2D eigenvalue weighted by Gasteiger charge is -2.17. The van der Waals surface area contributed by atoms with Gasteiger partial charge in [-0.15, -0.1) is 11.3 Å². The lowest BCUT2D eigenvalue weighted by atomic mass is 10.2. The van der Waals surface area contributed by atoms with E-state index in [-0.39, 0.29) is 11.9 Å². The average molecular weight is 319 g/mol. The summed E-state index contributed by atoms with van der Waals surface area (Å²) in [6.07, 6.45) is -0.506. The molecule has 1 heterocycles. The zero-order chi connectivity index (χ0) is 15.9. The summed E-state index contributed by atoms with van der Waals surface area (Å²) in [6, 6.07) is 11.6. The quantitative estimate of drug-likeness (QED) is 0.849. The van der Waals surface area contributed by atoms with Gasteiger partial charge in [0.05, 0.1) is 19.8 Å². The van der Waals surface area contributed by atoms with E-state index in [9.17, 15) is 4.79 Å². The SMILES string of the molecule is COc1cccc(CO[C@H](C)C(=O)N[C@H](C)c2cccs2)c1. The van der Waals surface area contributed by atoms with Crippen LogP contribution in [0, 0.1) is 0 Å². The van der Waals surface area contributed by atoms with Gasteiger partial charge in [0.2, 0.25) is 5.91 Å². The van der Waals surface area contributed by atoms with Gasteiger partial charge < -0.3 is 14.8 Å². The lowest BCUT2D eigenvalue weighted by Crippen LogP contribution is -2.35. The van der Waals surface area contributed by atoms with E-state index in [2.05, 4.69) is 5.32 Å². The summed E-state index contributed by atoms with van der Waals surface area (Å²) in [5.74, 6) is 0.674. The van der Waals surface area contributed by atoms with Crippen LogP contribution in [0.5, 0.6) is 5.75 Å². The summed E-state index contributed by atoms with van der Waals surface area (Å²) in [6.45, 7) is 4.11. The molecule has 0 aliphatic heterocycles. The van der Waals surface area contributed by atoms with E-state index in [0.29, 0.717) is 6.61 Å². The van der Waals surface area contributed by atoms with Crippen molar-refractivity contribution >= 4 is 17.2 Å². The predicted molar refractivity (Wildman–Crippen MR) is 88.1 cm³/mol. The summed E-state index contributed by atoms with van der Waals surface area (Å²) in [5, 5.41) is 4.96. The summed E-state index contributed by atoms with van der Waals surface area (Å²) in [7, 11) is 1.63. The second-order valence-electron chi connectivity index (χ2n) is 5.05. The Morgan fingerprint density at radius 3 is 2.77 bits per heavy atom. The number of benzene rings is 1. The average Bonchev–Trinajstić information content (AvgIpc) is 3.07. The van der Waals surface area contributed by atoms with Crippen molar-refractivity contribution in [3.8, 4) is 5.75 Å². The first-order valence-corrected chi connectivity index (χ1v) is 8.06. The van der Waals surface area contributed by atoms with Gasteiger partial charge in [0.15, 0.2) is 0 Å². The van der Waals surface area contributed by atoms with Gasteiger partial charge in [0.25, 0.3) is 0 Å². The fourth-order valence-corrected chi connectivity index (χ4v) is 2.73. The molecule has 0 radical (unpaired) electrons.